The lowest BCUT2D eigenvalue weighted by molar-refractivity contribution is 0.102. The molecule has 3 aromatic rings. The summed E-state index contributed by atoms with van der Waals surface area (Å²) >= 11 is 1.60. The number of anilines is 2. The molecule has 3 rings (SSSR count). The summed E-state index contributed by atoms with van der Waals surface area (Å²) in [5.41, 5.74) is 2.93. The maximum Gasteiger partial charge on any atom is 0.276 e. The van der Waals surface area contributed by atoms with Crippen molar-refractivity contribution in [2.24, 2.45) is 0 Å². The van der Waals surface area contributed by atoms with E-state index in [1.165, 1.54) is 0 Å². The number of nitrogens with zero attached hydrogens (tertiary/aromatic N) is 2. The van der Waals surface area contributed by atoms with E-state index in [1.54, 1.807) is 17.4 Å². The number of hydrogen-bond acceptors (Lipinski definition) is 4. The summed E-state index contributed by atoms with van der Waals surface area (Å²) in [6.07, 6.45) is 0. The number of hydrogen-bond donors (Lipinski definition) is 2. The second kappa shape index (κ2) is 6.03. The number of carbonyl (C=O) groups is 1. The van der Waals surface area contributed by atoms with Crippen LogP contribution in [0.2, 0.25) is 0 Å². The van der Waals surface area contributed by atoms with Gasteiger partial charge in [0.1, 0.15) is 0 Å². The van der Waals surface area contributed by atoms with Gasteiger partial charge in [-0.2, -0.15) is 5.10 Å². The molecule has 0 saturated carbocycles. The maximum absolute atomic E-state index is 12.4. The van der Waals surface area contributed by atoms with Gasteiger partial charge in [0.2, 0.25) is 0 Å². The molecule has 0 fully saturated rings. The minimum atomic E-state index is -0.228. The minimum Gasteiger partial charge on any atom is -0.376 e. The van der Waals surface area contributed by atoms with Crippen molar-refractivity contribution in [2.75, 3.05) is 24.3 Å². The molecular formula is C16H16N4OS. The molecule has 0 aliphatic rings. The number of carbonyl (C=O) groups excluding carboxylic acids is 1. The molecule has 2 heterocycles. The molecule has 0 aliphatic heterocycles. The second-order valence-electron chi connectivity index (χ2n) is 5.01. The Morgan fingerprint density at radius 1 is 1.23 bits per heavy atom. The predicted octanol–water partition coefficient (Wildman–Crippen LogP) is 3.46. The van der Waals surface area contributed by atoms with Crippen LogP contribution in [0.4, 0.5) is 11.4 Å². The Bertz CT molecular complexity index is 777. The third-order valence-electron chi connectivity index (χ3n) is 3.23. The number of H-pyrrole nitrogens is 1. The highest BCUT2D eigenvalue weighted by molar-refractivity contribution is 7.13. The first kappa shape index (κ1) is 14.3. The van der Waals surface area contributed by atoms with Gasteiger partial charge in [-0.05, 0) is 29.6 Å². The standard InChI is InChI=1S/C16H16N4OS/c1-20(2)14-7-4-3-6-11(14)17-16(21)13-10-12(18-19-13)15-8-5-9-22-15/h3-10H,1-2H3,(H,17,21)(H,18,19). The van der Waals surface area contributed by atoms with E-state index in [0.717, 1.165) is 21.9 Å². The summed E-state index contributed by atoms with van der Waals surface area (Å²) in [4.78, 5) is 15.4. The zero-order valence-electron chi connectivity index (χ0n) is 12.3. The van der Waals surface area contributed by atoms with Gasteiger partial charge in [-0.25, -0.2) is 0 Å². The Kier molecular flexibility index (Phi) is 3.93. The lowest BCUT2D eigenvalue weighted by Gasteiger charge is -2.17. The average Bonchev–Trinajstić information content (AvgIpc) is 3.18. The van der Waals surface area contributed by atoms with Gasteiger partial charge in [0, 0.05) is 14.1 Å². The van der Waals surface area contributed by atoms with Gasteiger partial charge in [0.15, 0.2) is 5.69 Å². The van der Waals surface area contributed by atoms with Gasteiger partial charge < -0.3 is 10.2 Å². The number of benzene rings is 1. The molecular weight excluding hydrogens is 296 g/mol. The molecule has 22 heavy (non-hydrogen) atoms. The number of aromatic nitrogens is 2. The van der Waals surface area contributed by atoms with Crippen molar-refractivity contribution in [3.63, 3.8) is 0 Å². The molecule has 0 radical (unpaired) electrons. The van der Waals surface area contributed by atoms with Crippen LogP contribution in [0.3, 0.4) is 0 Å². The second-order valence-corrected chi connectivity index (χ2v) is 5.96. The highest BCUT2D eigenvalue weighted by Gasteiger charge is 2.14. The Hall–Kier alpha value is -2.60. The van der Waals surface area contributed by atoms with E-state index in [2.05, 4.69) is 15.5 Å². The zero-order chi connectivity index (χ0) is 15.5. The first-order chi connectivity index (χ1) is 10.6. The largest absolute Gasteiger partial charge is 0.376 e. The lowest BCUT2D eigenvalue weighted by Crippen LogP contribution is -2.16. The molecule has 0 unspecified atom stereocenters. The lowest BCUT2D eigenvalue weighted by atomic mass is 10.2. The molecule has 1 aromatic carbocycles. The smallest absolute Gasteiger partial charge is 0.276 e. The van der Waals surface area contributed by atoms with Crippen molar-refractivity contribution < 1.29 is 4.79 Å². The van der Waals surface area contributed by atoms with E-state index < -0.39 is 0 Å². The molecule has 0 bridgehead atoms. The fourth-order valence-electron chi connectivity index (χ4n) is 2.15. The van der Waals surface area contributed by atoms with E-state index in [4.69, 9.17) is 0 Å². The van der Waals surface area contributed by atoms with Gasteiger partial charge >= 0.3 is 0 Å². The maximum atomic E-state index is 12.4. The molecule has 6 heteroatoms. The van der Waals surface area contributed by atoms with Crippen molar-refractivity contribution in [1.29, 1.82) is 0 Å². The van der Waals surface area contributed by atoms with Crippen LogP contribution in [0.1, 0.15) is 10.5 Å². The molecule has 2 aromatic heterocycles. The van der Waals surface area contributed by atoms with Crippen LogP contribution < -0.4 is 10.2 Å². The van der Waals surface area contributed by atoms with Crippen LogP contribution in [0, 0.1) is 0 Å². The molecule has 0 atom stereocenters. The highest BCUT2D eigenvalue weighted by Crippen LogP contribution is 2.25. The monoisotopic (exact) mass is 312 g/mol. The molecule has 0 aliphatic carbocycles. The number of nitrogens with one attached hydrogen (secondary N) is 2. The summed E-state index contributed by atoms with van der Waals surface area (Å²) in [5.74, 6) is -0.228. The van der Waals surface area contributed by atoms with Gasteiger partial charge in [0.05, 0.1) is 21.9 Å². The summed E-state index contributed by atoms with van der Waals surface area (Å²) < 4.78 is 0. The van der Waals surface area contributed by atoms with E-state index in [0.29, 0.717) is 5.69 Å². The van der Waals surface area contributed by atoms with Crippen molar-refractivity contribution >= 4 is 28.6 Å². The number of para-hydroxylation sites is 2. The normalized spacial score (nSPS) is 10.5. The molecule has 112 valence electrons. The average molecular weight is 312 g/mol. The zero-order valence-corrected chi connectivity index (χ0v) is 13.1. The number of amides is 1. The van der Waals surface area contributed by atoms with Crippen LogP contribution in [-0.4, -0.2) is 30.2 Å². The van der Waals surface area contributed by atoms with Crippen LogP contribution >= 0.6 is 11.3 Å². The number of aromatic amines is 1. The highest BCUT2D eigenvalue weighted by atomic mass is 32.1. The molecule has 2 N–H and O–H groups in total. The SMILES string of the molecule is CN(C)c1ccccc1NC(=O)c1cc(-c2cccs2)[nH]n1. The molecule has 0 spiro atoms. The molecule has 1 amide bonds. The van der Waals surface area contributed by atoms with Gasteiger partial charge in [-0.3, -0.25) is 9.89 Å². The van der Waals surface area contributed by atoms with E-state index >= 15 is 0 Å². The molecule has 0 saturated heterocycles. The van der Waals surface area contributed by atoms with Crippen LogP contribution in [0.15, 0.2) is 47.8 Å². The van der Waals surface area contributed by atoms with Crippen LogP contribution in [0.5, 0.6) is 0 Å². The van der Waals surface area contributed by atoms with Crippen LogP contribution in [0.25, 0.3) is 10.6 Å². The quantitative estimate of drug-likeness (QED) is 0.775. The Labute approximate surface area is 132 Å². The third-order valence-corrected chi connectivity index (χ3v) is 4.13. The first-order valence-corrected chi connectivity index (χ1v) is 7.70. The topological polar surface area (TPSA) is 61.0 Å². The van der Waals surface area contributed by atoms with E-state index in [-0.39, 0.29) is 5.91 Å². The fourth-order valence-corrected chi connectivity index (χ4v) is 2.84. The Balaban J connectivity index is 1.81. The van der Waals surface area contributed by atoms with Gasteiger partial charge in [-0.15, -0.1) is 11.3 Å². The van der Waals surface area contributed by atoms with Crippen molar-refractivity contribution in [1.82, 2.24) is 10.2 Å². The first-order valence-electron chi connectivity index (χ1n) is 6.82. The summed E-state index contributed by atoms with van der Waals surface area (Å²) in [5, 5.41) is 11.9. The Morgan fingerprint density at radius 3 is 2.77 bits per heavy atom. The minimum absolute atomic E-state index is 0.228. The fraction of sp³-hybridized carbons (Fsp3) is 0.125. The third kappa shape index (κ3) is 2.87. The van der Waals surface area contributed by atoms with Crippen molar-refractivity contribution in [3.05, 3.63) is 53.5 Å². The predicted molar refractivity (Wildman–Crippen MR) is 90.6 cm³/mol. The van der Waals surface area contributed by atoms with Crippen molar-refractivity contribution in [3.8, 4) is 10.6 Å². The molecule has 5 nitrogen and oxygen atoms in total. The van der Waals surface area contributed by atoms with Crippen LogP contribution in [-0.2, 0) is 0 Å². The van der Waals surface area contributed by atoms with E-state index in [9.17, 15) is 4.79 Å². The summed E-state index contributed by atoms with van der Waals surface area (Å²) in [7, 11) is 3.88. The summed E-state index contributed by atoms with van der Waals surface area (Å²) in [6.45, 7) is 0. The summed E-state index contributed by atoms with van der Waals surface area (Å²) in [6, 6.07) is 13.4. The number of rotatable bonds is 4. The van der Waals surface area contributed by atoms with E-state index in [1.807, 2.05) is 60.8 Å². The van der Waals surface area contributed by atoms with Gasteiger partial charge in [0.25, 0.3) is 5.91 Å². The van der Waals surface area contributed by atoms with Gasteiger partial charge in [-0.1, -0.05) is 18.2 Å². The van der Waals surface area contributed by atoms with Crippen molar-refractivity contribution in [2.45, 2.75) is 0 Å². The Morgan fingerprint density at radius 2 is 2.05 bits per heavy atom. The number of thiophene rings is 1.